The summed E-state index contributed by atoms with van der Waals surface area (Å²) in [5.41, 5.74) is 0. The Morgan fingerprint density at radius 3 is 1.22 bits per heavy atom. The fourth-order valence-corrected chi connectivity index (χ4v) is 8.95. The number of carbonyl (C=O) groups excluding carboxylic acids is 1. The van der Waals surface area contributed by atoms with Crippen LogP contribution in [-0.4, -0.2) is 70.7 Å². The lowest BCUT2D eigenvalue weighted by Gasteiger charge is -2.28. The normalized spacial score (nSPS) is 13.7. The van der Waals surface area contributed by atoms with Crippen molar-refractivity contribution in [3.63, 3.8) is 0 Å². The molecule has 2 atom stereocenters. The second-order valence-electron chi connectivity index (χ2n) is 20.6. The molecule has 2 unspecified atom stereocenters. The Bertz CT molecular complexity index is 1170. The van der Waals surface area contributed by atoms with Crippen molar-refractivity contribution in [2.45, 2.75) is 277 Å². The van der Waals surface area contributed by atoms with Gasteiger partial charge in [-0.15, -0.1) is 0 Å². The molecule has 0 aromatic carbocycles. The highest BCUT2D eigenvalue weighted by Crippen LogP contribution is 2.38. The predicted octanol–water partition coefficient (Wildman–Crippen LogP) is 17.4. The minimum absolute atomic E-state index is 0.0262. The van der Waals surface area contributed by atoms with Gasteiger partial charge in [-0.1, -0.05) is 230 Å². The van der Waals surface area contributed by atoms with Crippen LogP contribution in [0.5, 0.6) is 0 Å². The number of quaternary nitrogens is 1. The monoisotopic (exact) mass is 966 g/mol. The quantitative estimate of drug-likeness (QED) is 0.0197. The molecule has 0 saturated heterocycles. The Balaban J connectivity index is 4.07. The molecule has 9 heteroatoms. The lowest BCUT2D eigenvalue weighted by molar-refractivity contribution is -0.870. The number of carbonyl (C=O) groups is 1. The highest BCUT2D eigenvalue weighted by Gasteiger charge is 2.20. The van der Waals surface area contributed by atoms with Gasteiger partial charge in [-0.2, -0.15) is 0 Å². The van der Waals surface area contributed by atoms with Crippen LogP contribution in [0.4, 0.5) is 0 Å². The number of nitrogens with zero attached hydrogens (tertiary/aromatic N) is 1. The summed E-state index contributed by atoms with van der Waals surface area (Å²) in [5.74, 6) is -0.332. The number of hydrogen-bond donors (Lipinski definition) is 0. The first-order valence-electron chi connectivity index (χ1n) is 28.7. The number of phosphoric acid groups is 1. The standard InChI is InChI=1S/C58H112NO7P/c1-6-8-10-12-14-16-18-20-22-24-26-28-30-31-33-35-37-39-41-43-45-47-49-51-58(60)66-57(56-65-67(61,62)64-54-52-59(3,4)5)55-63-53-50-48-46-44-42-40-38-36-34-32-29-27-25-23-21-19-17-15-13-11-9-7-2/h19,21,24-27,57H,6-18,20,22-23,28-56H2,1-5H3/b21-19-,26-24-,27-25-. The maximum absolute atomic E-state index is 12.8. The van der Waals surface area contributed by atoms with Crippen LogP contribution in [0.1, 0.15) is 271 Å². The number of allylic oxidation sites excluding steroid dienone is 6. The minimum Gasteiger partial charge on any atom is -0.756 e. The maximum atomic E-state index is 12.8. The third-order valence-corrected chi connectivity index (χ3v) is 13.6. The van der Waals surface area contributed by atoms with Gasteiger partial charge in [0.05, 0.1) is 34.4 Å². The van der Waals surface area contributed by atoms with Crippen LogP contribution in [-0.2, 0) is 27.9 Å². The van der Waals surface area contributed by atoms with Gasteiger partial charge in [-0.05, 0) is 70.6 Å². The molecule has 0 N–H and O–H groups in total. The molecular formula is C58H112NO7P. The molecular weight excluding hydrogens is 854 g/mol. The van der Waals surface area contributed by atoms with E-state index in [4.69, 9.17) is 18.5 Å². The average molecular weight is 967 g/mol. The van der Waals surface area contributed by atoms with E-state index in [9.17, 15) is 14.3 Å². The van der Waals surface area contributed by atoms with E-state index in [1.54, 1.807) is 0 Å². The van der Waals surface area contributed by atoms with Crippen LogP contribution in [0.2, 0.25) is 0 Å². The zero-order valence-corrected chi connectivity index (χ0v) is 46.0. The molecule has 0 fully saturated rings. The molecule has 0 radical (unpaired) electrons. The van der Waals surface area contributed by atoms with Crippen molar-refractivity contribution in [3.8, 4) is 0 Å². The van der Waals surface area contributed by atoms with E-state index in [-0.39, 0.29) is 25.8 Å². The Morgan fingerprint density at radius 1 is 0.463 bits per heavy atom. The van der Waals surface area contributed by atoms with Crippen molar-refractivity contribution in [3.05, 3.63) is 36.5 Å². The number of phosphoric ester groups is 1. The molecule has 0 heterocycles. The molecule has 0 spiro atoms. The number of unbranched alkanes of at least 4 members (excludes halogenated alkanes) is 34. The van der Waals surface area contributed by atoms with Crippen LogP contribution < -0.4 is 4.89 Å². The summed E-state index contributed by atoms with van der Waals surface area (Å²) in [6.45, 7) is 5.44. The number of rotatable bonds is 54. The van der Waals surface area contributed by atoms with Gasteiger partial charge >= 0.3 is 5.97 Å². The van der Waals surface area contributed by atoms with E-state index in [0.717, 1.165) is 38.5 Å². The first-order valence-corrected chi connectivity index (χ1v) is 30.2. The highest BCUT2D eigenvalue weighted by molar-refractivity contribution is 7.45. The van der Waals surface area contributed by atoms with Gasteiger partial charge < -0.3 is 27.9 Å². The van der Waals surface area contributed by atoms with Gasteiger partial charge in [0.1, 0.15) is 19.3 Å². The lowest BCUT2D eigenvalue weighted by Crippen LogP contribution is -2.37. The predicted molar refractivity (Wildman–Crippen MR) is 287 cm³/mol. The molecule has 0 bridgehead atoms. The molecule has 0 rings (SSSR count). The number of likely N-dealkylation sites (N-methyl/N-ethyl adjacent to an activating group) is 1. The lowest BCUT2D eigenvalue weighted by atomic mass is 10.0. The van der Waals surface area contributed by atoms with Crippen LogP contribution in [0.15, 0.2) is 36.5 Å². The largest absolute Gasteiger partial charge is 0.756 e. The van der Waals surface area contributed by atoms with Crippen LogP contribution in [0.25, 0.3) is 0 Å². The fraction of sp³-hybridized carbons (Fsp3) is 0.879. The van der Waals surface area contributed by atoms with Gasteiger partial charge in [-0.3, -0.25) is 9.36 Å². The van der Waals surface area contributed by atoms with Gasteiger partial charge in [0.15, 0.2) is 0 Å². The van der Waals surface area contributed by atoms with E-state index in [1.807, 2.05) is 21.1 Å². The van der Waals surface area contributed by atoms with Crippen molar-refractivity contribution in [2.24, 2.45) is 0 Å². The summed E-state index contributed by atoms with van der Waals surface area (Å²) in [5, 5.41) is 0. The third kappa shape index (κ3) is 55.5. The van der Waals surface area contributed by atoms with E-state index >= 15 is 0 Å². The molecule has 0 saturated carbocycles. The molecule has 0 amide bonds. The van der Waals surface area contributed by atoms with Crippen LogP contribution in [0.3, 0.4) is 0 Å². The average Bonchev–Trinajstić information content (AvgIpc) is 3.29. The molecule has 0 aliphatic rings. The van der Waals surface area contributed by atoms with E-state index in [0.29, 0.717) is 24.1 Å². The molecule has 396 valence electrons. The Kier molecular flexibility index (Phi) is 50.1. The topological polar surface area (TPSA) is 94.1 Å². The van der Waals surface area contributed by atoms with Gasteiger partial charge in [0.25, 0.3) is 7.82 Å². The van der Waals surface area contributed by atoms with E-state index in [2.05, 4.69) is 50.3 Å². The van der Waals surface area contributed by atoms with Crippen molar-refractivity contribution >= 4 is 13.8 Å². The highest BCUT2D eigenvalue weighted by atomic mass is 31.2. The first-order chi connectivity index (χ1) is 32.6. The molecule has 0 aliphatic carbocycles. The second kappa shape index (κ2) is 51.1. The summed E-state index contributed by atoms with van der Waals surface area (Å²) in [6.07, 6.45) is 63.2. The van der Waals surface area contributed by atoms with Gasteiger partial charge in [0.2, 0.25) is 0 Å². The summed E-state index contributed by atoms with van der Waals surface area (Å²) in [4.78, 5) is 25.3. The smallest absolute Gasteiger partial charge is 0.306 e. The maximum Gasteiger partial charge on any atom is 0.306 e. The zero-order chi connectivity index (χ0) is 49.0. The first kappa shape index (κ1) is 65.7. The number of hydrogen-bond acceptors (Lipinski definition) is 7. The van der Waals surface area contributed by atoms with Crippen LogP contribution in [0, 0.1) is 0 Å². The minimum atomic E-state index is -4.53. The second-order valence-corrected chi connectivity index (χ2v) is 22.1. The van der Waals surface area contributed by atoms with Crippen molar-refractivity contribution in [1.82, 2.24) is 0 Å². The van der Waals surface area contributed by atoms with Crippen LogP contribution >= 0.6 is 7.82 Å². The van der Waals surface area contributed by atoms with Gasteiger partial charge in [-0.25, -0.2) is 0 Å². The van der Waals surface area contributed by atoms with E-state index < -0.39 is 13.9 Å². The van der Waals surface area contributed by atoms with Crippen molar-refractivity contribution in [2.75, 3.05) is 54.1 Å². The molecule has 67 heavy (non-hydrogen) atoms. The number of ether oxygens (including phenoxy) is 2. The summed E-state index contributed by atoms with van der Waals surface area (Å²) < 4.78 is 34.9. The molecule has 0 aromatic rings. The fourth-order valence-electron chi connectivity index (χ4n) is 8.22. The SMILES string of the molecule is CCCCCCC/C=C\C/C=C\CCCCCCCCCCCCOCC(COP(=O)([O-])OCC[N+](C)(C)C)OC(=O)CCCCCCCCCCCCC/C=C\CCCCCCCCCC. The van der Waals surface area contributed by atoms with E-state index in [1.165, 1.54) is 212 Å². The Hall–Kier alpha value is -1.28. The van der Waals surface area contributed by atoms with Crippen molar-refractivity contribution in [1.29, 1.82) is 0 Å². The molecule has 0 aliphatic heterocycles. The third-order valence-electron chi connectivity index (χ3n) is 12.7. The molecule has 8 nitrogen and oxygen atoms in total. The molecule has 0 aromatic heterocycles. The zero-order valence-electron chi connectivity index (χ0n) is 45.1. The summed E-state index contributed by atoms with van der Waals surface area (Å²) >= 11 is 0. The summed E-state index contributed by atoms with van der Waals surface area (Å²) in [6, 6.07) is 0. The van der Waals surface area contributed by atoms with Crippen molar-refractivity contribution < 1.29 is 37.3 Å². The Morgan fingerprint density at radius 2 is 0.821 bits per heavy atom. The van der Waals surface area contributed by atoms with Gasteiger partial charge in [0, 0.05) is 13.0 Å². The summed E-state index contributed by atoms with van der Waals surface area (Å²) in [7, 11) is 1.36. The Labute approximate surface area is 416 Å². The number of esters is 1.